The van der Waals surface area contributed by atoms with Gasteiger partial charge in [0, 0.05) is 10.8 Å². The van der Waals surface area contributed by atoms with Crippen LogP contribution in [0.5, 0.6) is 0 Å². The summed E-state index contributed by atoms with van der Waals surface area (Å²) < 4.78 is 6.58. The number of hydrogen-bond acceptors (Lipinski definition) is 1. The number of fused-ring (bicyclic) bond motifs is 8. The molecule has 0 radical (unpaired) electrons. The van der Waals surface area contributed by atoms with Crippen molar-refractivity contribution in [1.29, 1.82) is 0 Å². The highest BCUT2D eigenvalue weighted by Gasteiger charge is 2.22. The van der Waals surface area contributed by atoms with E-state index in [0.29, 0.717) is 0 Å². The highest BCUT2D eigenvalue weighted by molar-refractivity contribution is 6.28. The Morgan fingerprint density at radius 3 is 1.45 bits per heavy atom. The summed E-state index contributed by atoms with van der Waals surface area (Å²) in [6.45, 7) is 0. The summed E-state index contributed by atoms with van der Waals surface area (Å²) in [4.78, 5) is 0. The SMILES string of the molecule is c1ccc(-c2cccc3oc4cccc(-c5c6ccccc6c(-c6cccc7c6ccc6ccccc67)c6ccccc56)c4c23)cc1. The van der Waals surface area contributed by atoms with Crippen LogP contribution in [0.4, 0.5) is 0 Å². The van der Waals surface area contributed by atoms with Crippen molar-refractivity contribution in [2.75, 3.05) is 0 Å². The Balaban J connectivity index is 1.35. The van der Waals surface area contributed by atoms with Crippen LogP contribution >= 0.6 is 0 Å². The fourth-order valence-corrected chi connectivity index (χ4v) is 7.90. The minimum Gasteiger partial charge on any atom is -0.456 e. The molecule has 10 aromatic rings. The second kappa shape index (κ2) is 10.2. The molecular formula is C46H28O. The molecule has 0 aliphatic carbocycles. The molecule has 0 bridgehead atoms. The Hall–Kier alpha value is -6.18. The quantitative estimate of drug-likeness (QED) is 0.146. The number of rotatable bonds is 3. The molecule has 1 heterocycles. The van der Waals surface area contributed by atoms with E-state index in [2.05, 4.69) is 170 Å². The van der Waals surface area contributed by atoms with Crippen molar-refractivity contribution in [3.63, 3.8) is 0 Å². The third-order valence-corrected chi connectivity index (χ3v) is 9.86. The van der Waals surface area contributed by atoms with Crippen molar-refractivity contribution in [2.45, 2.75) is 0 Å². The van der Waals surface area contributed by atoms with E-state index in [1.807, 2.05) is 0 Å². The molecule has 0 fully saturated rings. The number of benzene rings is 9. The van der Waals surface area contributed by atoms with Gasteiger partial charge in [0.2, 0.25) is 0 Å². The Kier molecular flexibility index (Phi) is 5.64. The van der Waals surface area contributed by atoms with Gasteiger partial charge in [-0.05, 0) is 88.6 Å². The molecule has 47 heavy (non-hydrogen) atoms. The Morgan fingerprint density at radius 2 is 0.766 bits per heavy atom. The molecule has 1 aromatic heterocycles. The van der Waals surface area contributed by atoms with E-state index in [1.54, 1.807) is 0 Å². The van der Waals surface area contributed by atoms with Crippen LogP contribution in [0.25, 0.3) is 98.4 Å². The molecule has 0 amide bonds. The lowest BCUT2D eigenvalue weighted by molar-refractivity contribution is 0.669. The molecule has 0 aliphatic rings. The van der Waals surface area contributed by atoms with E-state index >= 15 is 0 Å². The summed E-state index contributed by atoms with van der Waals surface area (Å²) in [7, 11) is 0. The Bertz CT molecular complexity index is 2780. The standard InChI is InChI=1S/C46H28O/c1-2-13-29(14-3-1)32-21-11-25-41-45(32)46-40(24-12-26-42(46)47-41)44-38-19-8-6-17-36(38)43(37-18-7-9-20-39(37)44)35-23-10-22-33-31-16-5-4-15-30(31)27-28-34(33)35/h1-28H. The first-order chi connectivity index (χ1) is 23.3. The molecule has 0 saturated carbocycles. The summed E-state index contributed by atoms with van der Waals surface area (Å²) in [6.07, 6.45) is 0. The zero-order valence-corrected chi connectivity index (χ0v) is 25.6. The minimum absolute atomic E-state index is 0.902. The average Bonchev–Trinajstić information content (AvgIpc) is 3.53. The van der Waals surface area contributed by atoms with Crippen LogP contribution in [0.3, 0.4) is 0 Å². The van der Waals surface area contributed by atoms with Crippen LogP contribution < -0.4 is 0 Å². The van der Waals surface area contributed by atoms with Gasteiger partial charge in [-0.3, -0.25) is 0 Å². The molecule has 10 rings (SSSR count). The van der Waals surface area contributed by atoms with Crippen molar-refractivity contribution in [3.05, 3.63) is 170 Å². The van der Waals surface area contributed by atoms with E-state index in [-0.39, 0.29) is 0 Å². The smallest absolute Gasteiger partial charge is 0.136 e. The van der Waals surface area contributed by atoms with Gasteiger partial charge in [0.1, 0.15) is 11.2 Å². The minimum atomic E-state index is 0.902. The van der Waals surface area contributed by atoms with Gasteiger partial charge in [-0.25, -0.2) is 0 Å². The largest absolute Gasteiger partial charge is 0.456 e. The normalized spacial score (nSPS) is 11.8. The lowest BCUT2D eigenvalue weighted by Gasteiger charge is -2.19. The second-order valence-electron chi connectivity index (χ2n) is 12.4. The van der Waals surface area contributed by atoms with E-state index in [9.17, 15) is 0 Å². The summed E-state index contributed by atoms with van der Waals surface area (Å²) in [6, 6.07) is 61.4. The Morgan fingerprint density at radius 1 is 0.277 bits per heavy atom. The van der Waals surface area contributed by atoms with Crippen molar-refractivity contribution in [2.24, 2.45) is 0 Å². The van der Waals surface area contributed by atoms with Crippen molar-refractivity contribution in [3.8, 4) is 33.4 Å². The second-order valence-corrected chi connectivity index (χ2v) is 12.4. The zero-order chi connectivity index (χ0) is 30.9. The van der Waals surface area contributed by atoms with E-state index in [1.165, 1.54) is 76.5 Å². The van der Waals surface area contributed by atoms with E-state index in [0.717, 1.165) is 21.9 Å². The van der Waals surface area contributed by atoms with Crippen LogP contribution in [0.1, 0.15) is 0 Å². The van der Waals surface area contributed by atoms with Gasteiger partial charge in [-0.2, -0.15) is 0 Å². The van der Waals surface area contributed by atoms with Gasteiger partial charge < -0.3 is 4.42 Å². The van der Waals surface area contributed by atoms with Crippen molar-refractivity contribution >= 4 is 65.0 Å². The van der Waals surface area contributed by atoms with Crippen molar-refractivity contribution < 1.29 is 4.42 Å². The molecular weight excluding hydrogens is 569 g/mol. The van der Waals surface area contributed by atoms with Gasteiger partial charge in [-0.15, -0.1) is 0 Å². The molecule has 0 saturated heterocycles. The van der Waals surface area contributed by atoms with Crippen LogP contribution in [0, 0.1) is 0 Å². The summed E-state index contributed by atoms with van der Waals surface area (Å²) in [5.41, 5.74) is 9.13. The van der Waals surface area contributed by atoms with Crippen LogP contribution in [0.15, 0.2) is 174 Å². The zero-order valence-electron chi connectivity index (χ0n) is 25.6. The average molecular weight is 597 g/mol. The first-order valence-electron chi connectivity index (χ1n) is 16.2. The third-order valence-electron chi connectivity index (χ3n) is 9.86. The monoisotopic (exact) mass is 596 g/mol. The lowest BCUT2D eigenvalue weighted by atomic mass is 9.83. The molecule has 0 unspecified atom stereocenters. The van der Waals surface area contributed by atoms with Crippen LogP contribution in [0.2, 0.25) is 0 Å². The fraction of sp³-hybridized carbons (Fsp3) is 0. The van der Waals surface area contributed by atoms with Gasteiger partial charge in [0.25, 0.3) is 0 Å². The molecule has 1 heteroatoms. The van der Waals surface area contributed by atoms with Crippen LogP contribution in [-0.4, -0.2) is 0 Å². The summed E-state index contributed by atoms with van der Waals surface area (Å²) in [5.74, 6) is 0. The van der Waals surface area contributed by atoms with Crippen LogP contribution in [-0.2, 0) is 0 Å². The predicted octanol–water partition coefficient (Wildman–Crippen LogP) is 13.2. The Labute approximate surface area is 271 Å². The maximum atomic E-state index is 6.58. The topological polar surface area (TPSA) is 13.1 Å². The molecule has 0 atom stereocenters. The molecule has 0 aliphatic heterocycles. The lowest BCUT2D eigenvalue weighted by Crippen LogP contribution is -1.92. The summed E-state index contributed by atoms with van der Waals surface area (Å²) >= 11 is 0. The first-order valence-corrected chi connectivity index (χ1v) is 16.2. The predicted molar refractivity (Wildman–Crippen MR) is 200 cm³/mol. The molecule has 0 spiro atoms. The van der Waals surface area contributed by atoms with Crippen molar-refractivity contribution in [1.82, 2.24) is 0 Å². The fourth-order valence-electron chi connectivity index (χ4n) is 7.90. The highest BCUT2D eigenvalue weighted by Crippen LogP contribution is 2.49. The summed E-state index contributed by atoms with van der Waals surface area (Å²) in [5, 5.41) is 12.4. The van der Waals surface area contributed by atoms with E-state index in [4.69, 9.17) is 4.42 Å². The number of furan rings is 1. The maximum Gasteiger partial charge on any atom is 0.136 e. The van der Waals surface area contributed by atoms with Gasteiger partial charge in [-0.1, -0.05) is 158 Å². The van der Waals surface area contributed by atoms with Gasteiger partial charge in [0.15, 0.2) is 0 Å². The molecule has 0 N–H and O–H groups in total. The number of hydrogen-bond donors (Lipinski definition) is 0. The maximum absolute atomic E-state index is 6.58. The van der Waals surface area contributed by atoms with Gasteiger partial charge in [0.05, 0.1) is 0 Å². The third kappa shape index (κ3) is 3.84. The van der Waals surface area contributed by atoms with E-state index < -0.39 is 0 Å². The molecule has 9 aromatic carbocycles. The first kappa shape index (κ1) is 26.1. The molecule has 218 valence electrons. The molecule has 1 nitrogen and oxygen atoms in total. The highest BCUT2D eigenvalue weighted by atomic mass is 16.3. The van der Waals surface area contributed by atoms with Gasteiger partial charge >= 0.3 is 0 Å².